The summed E-state index contributed by atoms with van der Waals surface area (Å²) >= 11 is 0. The fourth-order valence-corrected chi connectivity index (χ4v) is 5.24. The molecule has 45 heavy (non-hydrogen) atoms. The minimum atomic E-state index is -4.85. The zero-order valence-electron chi connectivity index (χ0n) is 24.4. The van der Waals surface area contributed by atoms with Crippen molar-refractivity contribution < 1.29 is 42.2 Å². The Hall–Kier alpha value is -4.50. The minimum Gasteiger partial charge on any atom is -0.495 e. The van der Waals surface area contributed by atoms with E-state index in [1.165, 1.54) is 38.4 Å². The van der Waals surface area contributed by atoms with Crippen LogP contribution >= 0.6 is 7.60 Å². The normalized spacial score (nSPS) is 11.8. The van der Waals surface area contributed by atoms with Crippen LogP contribution in [-0.2, 0) is 23.4 Å². The number of aliphatic hydroxyl groups excluding tert-OH is 1. The van der Waals surface area contributed by atoms with E-state index in [9.17, 15) is 32.3 Å². The summed E-state index contributed by atoms with van der Waals surface area (Å²) in [6.45, 7) is 2.14. The van der Waals surface area contributed by atoms with Gasteiger partial charge in [-0.05, 0) is 48.2 Å². The highest BCUT2D eigenvalue weighted by molar-refractivity contribution is 7.50. The Balaban J connectivity index is 1.73. The number of methoxy groups -OCH3 is 1. The number of amides is 1. The van der Waals surface area contributed by atoms with Crippen molar-refractivity contribution >= 4 is 36.6 Å². The van der Waals surface area contributed by atoms with Crippen molar-refractivity contribution in [3.05, 3.63) is 71.2 Å². The maximum absolute atomic E-state index is 14.1. The molecule has 2 aromatic heterocycles. The lowest BCUT2D eigenvalue weighted by atomic mass is 9.96. The third-order valence-corrected chi connectivity index (χ3v) is 7.43. The molecule has 4 aromatic rings. The number of anilines is 4. The summed E-state index contributed by atoms with van der Waals surface area (Å²) in [5.41, 5.74) is 1.23. The molecular weight excluding hydrogens is 618 g/mol. The maximum Gasteiger partial charge on any atom is 0.421 e. The second-order valence-electron chi connectivity index (χ2n) is 9.87. The first kappa shape index (κ1) is 33.4. The maximum atomic E-state index is 14.1. The van der Waals surface area contributed by atoms with Crippen molar-refractivity contribution in [2.24, 2.45) is 0 Å². The van der Waals surface area contributed by atoms with Gasteiger partial charge in [0.1, 0.15) is 17.1 Å². The Labute approximate surface area is 255 Å². The summed E-state index contributed by atoms with van der Waals surface area (Å²) in [6, 6.07) is 7.34. The molecule has 0 aliphatic heterocycles. The first-order valence-electron chi connectivity index (χ1n) is 13.4. The predicted molar refractivity (Wildman–Crippen MR) is 160 cm³/mol. The van der Waals surface area contributed by atoms with E-state index in [0.29, 0.717) is 35.9 Å². The van der Waals surface area contributed by atoms with E-state index in [-0.39, 0.29) is 40.8 Å². The smallest absolute Gasteiger partial charge is 0.421 e. The molecule has 6 N–H and O–H groups in total. The molecular formula is C28H31F3N7O6P. The fraction of sp³-hybridized carbons (Fsp3) is 0.286. The number of ether oxygens (including phenoxy) is 1. The number of carbonyl (C=O) groups excluding carboxylic acids is 1. The van der Waals surface area contributed by atoms with Gasteiger partial charge < -0.3 is 35.6 Å². The largest absolute Gasteiger partial charge is 0.495 e. The van der Waals surface area contributed by atoms with Crippen LogP contribution in [0.2, 0.25) is 0 Å². The van der Waals surface area contributed by atoms with Crippen LogP contribution in [0.1, 0.15) is 33.5 Å². The molecule has 0 aliphatic rings. The molecule has 0 atom stereocenters. The van der Waals surface area contributed by atoms with Gasteiger partial charge in [-0.15, -0.1) is 0 Å². The molecule has 0 spiro atoms. The Bertz CT molecular complexity index is 1740. The minimum absolute atomic E-state index is 0.00515. The second-order valence-corrected chi connectivity index (χ2v) is 11.5. The van der Waals surface area contributed by atoms with Crippen molar-refractivity contribution in [2.45, 2.75) is 32.2 Å². The predicted octanol–water partition coefficient (Wildman–Crippen LogP) is 4.58. The molecule has 240 valence electrons. The summed E-state index contributed by atoms with van der Waals surface area (Å²) < 4.78 is 60.5. The van der Waals surface area contributed by atoms with Gasteiger partial charge in [0.05, 0.1) is 36.4 Å². The molecule has 0 saturated carbocycles. The Morgan fingerprint density at radius 3 is 2.49 bits per heavy atom. The van der Waals surface area contributed by atoms with Crippen LogP contribution < -0.4 is 20.7 Å². The molecule has 0 fully saturated rings. The van der Waals surface area contributed by atoms with Gasteiger partial charge in [0.15, 0.2) is 0 Å². The first-order valence-corrected chi connectivity index (χ1v) is 15.2. The number of aliphatic hydroxyl groups is 1. The second kappa shape index (κ2) is 13.6. The molecule has 2 aromatic carbocycles. The van der Waals surface area contributed by atoms with Crippen LogP contribution in [0, 0.1) is 6.92 Å². The van der Waals surface area contributed by atoms with Crippen LogP contribution in [-0.4, -0.2) is 61.3 Å². The van der Waals surface area contributed by atoms with Crippen LogP contribution in [0.4, 0.5) is 36.3 Å². The zero-order valence-corrected chi connectivity index (χ0v) is 25.3. The topological polar surface area (TPSA) is 184 Å². The van der Waals surface area contributed by atoms with Crippen molar-refractivity contribution in [3.8, 4) is 16.9 Å². The van der Waals surface area contributed by atoms with Crippen LogP contribution in [0.5, 0.6) is 5.75 Å². The lowest BCUT2D eigenvalue weighted by molar-refractivity contribution is -0.137. The number of nitrogens with zero attached hydrogens (tertiary/aromatic N) is 4. The number of aromatic nitrogens is 4. The molecule has 4 rings (SSSR count). The molecule has 0 saturated heterocycles. The lowest BCUT2D eigenvalue weighted by Gasteiger charge is -2.19. The van der Waals surface area contributed by atoms with Gasteiger partial charge in [0.25, 0.3) is 5.91 Å². The van der Waals surface area contributed by atoms with Gasteiger partial charge in [-0.2, -0.15) is 23.3 Å². The third-order valence-electron chi connectivity index (χ3n) is 6.66. The van der Waals surface area contributed by atoms with Gasteiger partial charge in [0.2, 0.25) is 5.95 Å². The van der Waals surface area contributed by atoms with Crippen LogP contribution in [0.25, 0.3) is 11.1 Å². The summed E-state index contributed by atoms with van der Waals surface area (Å²) in [5, 5.41) is 21.3. The quantitative estimate of drug-likeness (QED) is 0.118. The van der Waals surface area contributed by atoms with E-state index < -0.39 is 37.2 Å². The number of rotatable bonds is 12. The number of hydrogen-bond acceptors (Lipinski definition) is 9. The highest BCUT2D eigenvalue weighted by Crippen LogP contribution is 2.41. The summed E-state index contributed by atoms with van der Waals surface area (Å²) in [5.74, 6) is -1.29. The van der Waals surface area contributed by atoms with Crippen molar-refractivity contribution in [1.82, 2.24) is 25.1 Å². The van der Waals surface area contributed by atoms with Gasteiger partial charge in [-0.1, -0.05) is 12.1 Å². The number of nitrogens with one attached hydrogen (secondary N) is 3. The molecule has 1 amide bonds. The van der Waals surface area contributed by atoms with Crippen molar-refractivity contribution in [2.75, 3.05) is 31.4 Å². The van der Waals surface area contributed by atoms with Gasteiger partial charge in [-0.25, -0.2) is 4.98 Å². The van der Waals surface area contributed by atoms with Crippen molar-refractivity contribution in [3.63, 3.8) is 0 Å². The number of hydrogen-bond donors (Lipinski definition) is 6. The Morgan fingerprint density at radius 1 is 1.11 bits per heavy atom. The third kappa shape index (κ3) is 8.16. The monoisotopic (exact) mass is 649 g/mol. The summed E-state index contributed by atoms with van der Waals surface area (Å²) in [6.07, 6.45) is -0.958. The van der Waals surface area contributed by atoms with E-state index in [0.717, 1.165) is 0 Å². The lowest BCUT2D eigenvalue weighted by Crippen LogP contribution is -2.21. The molecule has 2 heterocycles. The molecule has 17 heteroatoms. The van der Waals surface area contributed by atoms with Gasteiger partial charge >= 0.3 is 13.8 Å². The SMILES string of the molecule is CNC(=O)c1c(Nc2nc(Nc3ccc(CP(=O)(O)O)cc3OC)ncc2C(F)(F)F)ccc(-c2cnn(CCCO)c2)c1C. The van der Waals surface area contributed by atoms with Gasteiger partial charge in [0, 0.05) is 38.2 Å². The van der Waals surface area contributed by atoms with Gasteiger partial charge in [-0.3, -0.25) is 14.0 Å². The number of carbonyl (C=O) groups is 1. The van der Waals surface area contributed by atoms with Crippen LogP contribution in [0.3, 0.4) is 0 Å². The van der Waals surface area contributed by atoms with E-state index in [1.54, 1.807) is 30.1 Å². The molecule has 13 nitrogen and oxygen atoms in total. The average Bonchev–Trinajstić information content (AvgIpc) is 3.44. The van der Waals surface area contributed by atoms with Crippen molar-refractivity contribution in [1.29, 1.82) is 0 Å². The Morgan fingerprint density at radius 2 is 1.84 bits per heavy atom. The number of alkyl halides is 3. The van der Waals surface area contributed by atoms with Crippen LogP contribution in [0.15, 0.2) is 48.9 Å². The average molecular weight is 650 g/mol. The highest BCUT2D eigenvalue weighted by atomic mass is 31.2. The number of halogens is 3. The molecule has 0 unspecified atom stereocenters. The van der Waals surface area contributed by atoms with E-state index in [1.807, 2.05) is 0 Å². The first-order chi connectivity index (χ1) is 21.2. The summed E-state index contributed by atoms with van der Waals surface area (Å²) in [7, 11) is -1.64. The van der Waals surface area contributed by atoms with E-state index in [2.05, 4.69) is 31.0 Å². The standard InChI is InChI=1S/C28H31F3N7O6P/c1-16-19(18-12-34-38(14-18)9-4-10-39)6-8-22(24(16)26(40)32-2)35-25-20(28(29,30)31)13-33-27(37-25)36-21-7-5-17(11-23(21)44-3)15-45(41,42)43/h5-8,11-14,39H,4,9-10,15H2,1-3H3,(H,32,40)(H2,41,42,43)(H2,33,35,36,37). The molecule has 0 aliphatic carbocycles. The Kier molecular flexibility index (Phi) is 10.1. The zero-order chi connectivity index (χ0) is 32.9. The molecule has 0 bridgehead atoms. The summed E-state index contributed by atoms with van der Waals surface area (Å²) in [4.78, 5) is 39.4. The number of benzene rings is 2. The number of aryl methyl sites for hydroxylation is 1. The van der Waals surface area contributed by atoms with E-state index >= 15 is 0 Å². The fourth-order valence-electron chi connectivity index (χ4n) is 4.57. The highest BCUT2D eigenvalue weighted by Gasteiger charge is 2.36. The van der Waals surface area contributed by atoms with E-state index in [4.69, 9.17) is 9.84 Å². The molecule has 0 radical (unpaired) electrons.